The number of hydrogen-bond donors (Lipinski definition) is 1. The molecule has 17 heavy (non-hydrogen) atoms. The molecule has 1 saturated heterocycles. The minimum absolute atomic E-state index is 0.583. The Morgan fingerprint density at radius 2 is 2.24 bits per heavy atom. The third-order valence-electron chi connectivity index (χ3n) is 3.08. The number of nitrogens with one attached hydrogen (secondary N) is 1. The Morgan fingerprint density at radius 3 is 2.94 bits per heavy atom. The van der Waals surface area contributed by atoms with E-state index in [9.17, 15) is 0 Å². The molecule has 94 valence electrons. The van der Waals surface area contributed by atoms with Crippen LogP contribution in [0.1, 0.15) is 19.3 Å². The summed E-state index contributed by atoms with van der Waals surface area (Å²) in [5.41, 5.74) is 0. The molecule has 1 aromatic rings. The molecule has 1 aliphatic heterocycles. The van der Waals surface area contributed by atoms with E-state index in [1.54, 1.807) is 12.1 Å². The van der Waals surface area contributed by atoms with Crippen LogP contribution in [-0.2, 0) is 0 Å². The van der Waals surface area contributed by atoms with Gasteiger partial charge in [0.05, 0.1) is 11.6 Å². The lowest BCUT2D eigenvalue weighted by Gasteiger charge is -2.22. The standard InChI is InChI=1S/C13H17Cl2NO/c14-11-3-4-13(12(15)8-11)17-7-5-10-2-1-6-16-9-10/h3-4,8,10,16H,1-2,5-7,9H2/t10-/m1/s1. The average Bonchev–Trinajstić information content (AvgIpc) is 2.33. The van der Waals surface area contributed by atoms with E-state index >= 15 is 0 Å². The molecule has 2 rings (SSSR count). The van der Waals surface area contributed by atoms with E-state index in [1.807, 2.05) is 6.07 Å². The molecular formula is C13H17Cl2NO. The zero-order chi connectivity index (χ0) is 12.1. The maximum atomic E-state index is 6.03. The summed E-state index contributed by atoms with van der Waals surface area (Å²) in [5, 5.41) is 4.62. The van der Waals surface area contributed by atoms with Crippen LogP contribution in [0.3, 0.4) is 0 Å². The highest BCUT2D eigenvalue weighted by Crippen LogP contribution is 2.28. The highest BCUT2D eigenvalue weighted by Gasteiger charge is 2.13. The zero-order valence-electron chi connectivity index (χ0n) is 9.72. The maximum Gasteiger partial charge on any atom is 0.137 e. The van der Waals surface area contributed by atoms with Crippen LogP contribution in [0, 0.1) is 5.92 Å². The van der Waals surface area contributed by atoms with Gasteiger partial charge in [-0.05, 0) is 56.5 Å². The van der Waals surface area contributed by atoms with Gasteiger partial charge in [-0.15, -0.1) is 0 Å². The number of rotatable bonds is 4. The largest absolute Gasteiger partial charge is 0.492 e. The fraction of sp³-hybridized carbons (Fsp3) is 0.538. The van der Waals surface area contributed by atoms with Gasteiger partial charge < -0.3 is 10.1 Å². The molecule has 0 unspecified atom stereocenters. The van der Waals surface area contributed by atoms with Crippen molar-refractivity contribution in [3.8, 4) is 5.75 Å². The van der Waals surface area contributed by atoms with E-state index in [-0.39, 0.29) is 0 Å². The SMILES string of the molecule is Clc1ccc(OCC[C@H]2CCCNC2)c(Cl)c1. The van der Waals surface area contributed by atoms with Crippen molar-refractivity contribution >= 4 is 23.2 Å². The van der Waals surface area contributed by atoms with Crippen LogP contribution in [0.2, 0.25) is 10.0 Å². The van der Waals surface area contributed by atoms with Crippen LogP contribution < -0.4 is 10.1 Å². The lowest BCUT2D eigenvalue weighted by molar-refractivity contribution is 0.254. The Bertz CT molecular complexity index is 364. The van der Waals surface area contributed by atoms with Gasteiger partial charge in [-0.1, -0.05) is 23.2 Å². The van der Waals surface area contributed by atoms with Crippen LogP contribution in [0.5, 0.6) is 5.75 Å². The topological polar surface area (TPSA) is 21.3 Å². The van der Waals surface area contributed by atoms with Gasteiger partial charge in [-0.25, -0.2) is 0 Å². The van der Waals surface area contributed by atoms with Gasteiger partial charge in [-0.3, -0.25) is 0 Å². The summed E-state index contributed by atoms with van der Waals surface area (Å²) in [4.78, 5) is 0. The van der Waals surface area contributed by atoms with Crippen molar-refractivity contribution in [2.45, 2.75) is 19.3 Å². The summed E-state index contributed by atoms with van der Waals surface area (Å²) in [7, 11) is 0. The van der Waals surface area contributed by atoms with E-state index in [2.05, 4.69) is 5.32 Å². The van der Waals surface area contributed by atoms with E-state index in [4.69, 9.17) is 27.9 Å². The molecule has 2 nitrogen and oxygen atoms in total. The number of hydrogen-bond acceptors (Lipinski definition) is 2. The predicted molar refractivity (Wildman–Crippen MR) is 72.2 cm³/mol. The molecule has 0 aliphatic carbocycles. The van der Waals surface area contributed by atoms with Crippen molar-refractivity contribution in [2.75, 3.05) is 19.7 Å². The van der Waals surface area contributed by atoms with Crippen LogP contribution in [0.4, 0.5) is 0 Å². The van der Waals surface area contributed by atoms with Gasteiger partial charge in [0.1, 0.15) is 5.75 Å². The number of halogens is 2. The van der Waals surface area contributed by atoms with Crippen molar-refractivity contribution < 1.29 is 4.74 Å². The van der Waals surface area contributed by atoms with Crippen LogP contribution >= 0.6 is 23.2 Å². The summed E-state index contributed by atoms with van der Waals surface area (Å²) >= 11 is 11.9. The smallest absolute Gasteiger partial charge is 0.137 e. The second-order valence-electron chi connectivity index (χ2n) is 4.42. The minimum Gasteiger partial charge on any atom is -0.492 e. The molecule has 1 atom stereocenters. The number of benzene rings is 1. The van der Waals surface area contributed by atoms with Crippen molar-refractivity contribution in [1.29, 1.82) is 0 Å². The predicted octanol–water partition coefficient (Wildman–Crippen LogP) is 3.76. The van der Waals surface area contributed by atoms with E-state index in [0.717, 1.165) is 31.2 Å². The van der Waals surface area contributed by atoms with Gasteiger partial charge in [0.25, 0.3) is 0 Å². The second kappa shape index (κ2) is 6.48. The fourth-order valence-electron chi connectivity index (χ4n) is 2.10. The van der Waals surface area contributed by atoms with Gasteiger partial charge in [-0.2, -0.15) is 0 Å². The monoisotopic (exact) mass is 273 g/mol. The number of ether oxygens (including phenoxy) is 1. The zero-order valence-corrected chi connectivity index (χ0v) is 11.2. The van der Waals surface area contributed by atoms with Crippen molar-refractivity contribution in [2.24, 2.45) is 5.92 Å². The first-order chi connectivity index (χ1) is 8.25. The van der Waals surface area contributed by atoms with Crippen molar-refractivity contribution in [1.82, 2.24) is 5.32 Å². The van der Waals surface area contributed by atoms with Gasteiger partial charge in [0.15, 0.2) is 0 Å². The Labute approximate surface area is 112 Å². The van der Waals surface area contributed by atoms with Crippen molar-refractivity contribution in [3.63, 3.8) is 0 Å². The quantitative estimate of drug-likeness (QED) is 0.902. The van der Waals surface area contributed by atoms with Crippen molar-refractivity contribution in [3.05, 3.63) is 28.2 Å². The van der Waals surface area contributed by atoms with Crippen LogP contribution in [0.15, 0.2) is 18.2 Å². The summed E-state index contributed by atoms with van der Waals surface area (Å²) in [6.07, 6.45) is 3.64. The van der Waals surface area contributed by atoms with Gasteiger partial charge in [0.2, 0.25) is 0 Å². The molecule has 1 N–H and O–H groups in total. The first kappa shape index (κ1) is 13.0. The first-order valence-electron chi connectivity index (χ1n) is 6.04. The molecule has 0 aromatic heterocycles. The Kier molecular flexibility index (Phi) is 4.96. The van der Waals surface area contributed by atoms with Gasteiger partial charge in [0, 0.05) is 5.02 Å². The average molecular weight is 274 g/mol. The lowest BCUT2D eigenvalue weighted by atomic mass is 9.97. The van der Waals surface area contributed by atoms with Crippen LogP contribution in [0.25, 0.3) is 0 Å². The highest BCUT2D eigenvalue weighted by atomic mass is 35.5. The first-order valence-corrected chi connectivity index (χ1v) is 6.80. The summed E-state index contributed by atoms with van der Waals surface area (Å²) in [5.74, 6) is 1.45. The van der Waals surface area contributed by atoms with Crippen LogP contribution in [-0.4, -0.2) is 19.7 Å². The minimum atomic E-state index is 0.583. The fourth-order valence-corrected chi connectivity index (χ4v) is 2.56. The molecule has 4 heteroatoms. The molecule has 0 bridgehead atoms. The molecule has 0 saturated carbocycles. The molecule has 1 fully saturated rings. The molecule has 0 spiro atoms. The Morgan fingerprint density at radius 1 is 1.35 bits per heavy atom. The molecule has 1 aromatic carbocycles. The lowest BCUT2D eigenvalue weighted by Crippen LogP contribution is -2.30. The second-order valence-corrected chi connectivity index (χ2v) is 5.27. The molecule has 1 aliphatic rings. The Balaban J connectivity index is 1.77. The Hall–Kier alpha value is -0.440. The normalized spacial score (nSPS) is 20.2. The highest BCUT2D eigenvalue weighted by molar-refractivity contribution is 6.35. The molecule has 0 radical (unpaired) electrons. The summed E-state index contributed by atoms with van der Waals surface area (Å²) < 4.78 is 5.68. The third-order valence-corrected chi connectivity index (χ3v) is 3.61. The van der Waals surface area contributed by atoms with E-state index in [0.29, 0.717) is 16.7 Å². The molecule has 1 heterocycles. The summed E-state index contributed by atoms with van der Waals surface area (Å²) in [6.45, 7) is 2.98. The maximum absolute atomic E-state index is 6.03. The third kappa shape index (κ3) is 4.06. The van der Waals surface area contributed by atoms with E-state index < -0.39 is 0 Å². The van der Waals surface area contributed by atoms with E-state index in [1.165, 1.54) is 12.8 Å². The molecular weight excluding hydrogens is 257 g/mol. The molecule has 0 amide bonds. The summed E-state index contributed by atoms with van der Waals surface area (Å²) in [6, 6.07) is 5.33. The van der Waals surface area contributed by atoms with Gasteiger partial charge >= 0.3 is 0 Å². The number of piperidine rings is 1.